The van der Waals surface area contributed by atoms with Gasteiger partial charge < -0.3 is 15.1 Å². The van der Waals surface area contributed by atoms with Crippen LogP contribution < -0.4 is 0 Å². The predicted molar refractivity (Wildman–Crippen MR) is 72.6 cm³/mol. The number of amides is 1. The van der Waals surface area contributed by atoms with Gasteiger partial charge in [0.25, 0.3) is 0 Å². The Morgan fingerprint density at radius 1 is 1.37 bits per heavy atom. The quantitative estimate of drug-likeness (QED) is 0.704. The molecule has 1 fully saturated rings. The zero-order chi connectivity index (χ0) is 13.8. The molecule has 5 nitrogen and oxygen atoms in total. The van der Waals surface area contributed by atoms with Crippen molar-refractivity contribution >= 4 is 5.91 Å². The van der Waals surface area contributed by atoms with Gasteiger partial charge in [0.1, 0.15) is 0 Å². The summed E-state index contributed by atoms with van der Waals surface area (Å²) in [5.74, 6) is 0.110. The van der Waals surface area contributed by atoms with Crippen molar-refractivity contribution in [3.8, 4) is 0 Å². The Bertz CT molecular complexity index is 349. The van der Waals surface area contributed by atoms with Crippen molar-refractivity contribution < 1.29 is 15.0 Å². The molecule has 1 heterocycles. The molecule has 1 saturated heterocycles. The van der Waals surface area contributed by atoms with Crippen LogP contribution in [-0.2, 0) is 4.79 Å². The second-order valence-electron chi connectivity index (χ2n) is 5.41. The maximum Gasteiger partial charge on any atom is 0.219 e. The van der Waals surface area contributed by atoms with Crippen molar-refractivity contribution in [2.75, 3.05) is 32.8 Å². The molecule has 0 aromatic heterocycles. The second-order valence-corrected chi connectivity index (χ2v) is 5.41. The largest absolute Gasteiger partial charge is 0.394 e. The molecule has 0 spiro atoms. The van der Waals surface area contributed by atoms with E-state index in [0.29, 0.717) is 13.1 Å². The zero-order valence-electron chi connectivity index (χ0n) is 11.6. The summed E-state index contributed by atoms with van der Waals surface area (Å²) in [6.45, 7) is 4.32. The van der Waals surface area contributed by atoms with Crippen LogP contribution in [0.1, 0.15) is 26.2 Å². The van der Waals surface area contributed by atoms with E-state index in [2.05, 4.69) is 11.0 Å². The topological polar surface area (TPSA) is 64.0 Å². The summed E-state index contributed by atoms with van der Waals surface area (Å²) in [6.07, 6.45) is 4.68. The van der Waals surface area contributed by atoms with Crippen LogP contribution in [0.15, 0.2) is 11.6 Å². The summed E-state index contributed by atoms with van der Waals surface area (Å²) in [5.41, 5.74) is 1.25. The van der Waals surface area contributed by atoms with Gasteiger partial charge in [-0.2, -0.15) is 0 Å². The first-order valence-electron chi connectivity index (χ1n) is 7.11. The van der Waals surface area contributed by atoms with Crippen molar-refractivity contribution in [1.29, 1.82) is 0 Å². The van der Waals surface area contributed by atoms with Crippen molar-refractivity contribution in [3.63, 3.8) is 0 Å². The Hall–Kier alpha value is -0.910. The zero-order valence-corrected chi connectivity index (χ0v) is 11.6. The summed E-state index contributed by atoms with van der Waals surface area (Å²) in [4.78, 5) is 15.4. The van der Waals surface area contributed by atoms with Crippen molar-refractivity contribution in [2.24, 2.45) is 0 Å². The molecule has 2 aliphatic rings. The van der Waals surface area contributed by atoms with E-state index in [1.54, 1.807) is 6.92 Å². The lowest BCUT2D eigenvalue weighted by atomic mass is 9.98. The highest BCUT2D eigenvalue weighted by Crippen LogP contribution is 2.27. The van der Waals surface area contributed by atoms with Crippen LogP contribution in [0.5, 0.6) is 0 Å². The Morgan fingerprint density at radius 3 is 2.53 bits per heavy atom. The van der Waals surface area contributed by atoms with Gasteiger partial charge in [-0.05, 0) is 19.3 Å². The SMILES string of the molecule is CC(=O)N1CCN(C(C2=CCCC2)[C@H](O)CO)CC1. The number of aliphatic hydroxyl groups is 2. The van der Waals surface area contributed by atoms with Crippen LogP contribution in [0.4, 0.5) is 0 Å². The van der Waals surface area contributed by atoms with Gasteiger partial charge in [0, 0.05) is 33.1 Å². The van der Waals surface area contributed by atoms with Crippen molar-refractivity contribution in [2.45, 2.75) is 38.3 Å². The number of carbonyl (C=O) groups is 1. The van der Waals surface area contributed by atoms with E-state index < -0.39 is 6.10 Å². The molecule has 0 bridgehead atoms. The van der Waals surface area contributed by atoms with Crippen LogP contribution in [0, 0.1) is 0 Å². The molecule has 108 valence electrons. The molecule has 19 heavy (non-hydrogen) atoms. The maximum atomic E-state index is 11.3. The molecule has 2 rings (SSSR count). The molecule has 0 aromatic rings. The Kier molecular flexibility index (Phi) is 4.96. The first-order chi connectivity index (χ1) is 9.13. The number of hydrogen-bond acceptors (Lipinski definition) is 4. The minimum absolute atomic E-state index is 0.0818. The third kappa shape index (κ3) is 3.35. The van der Waals surface area contributed by atoms with E-state index in [0.717, 1.165) is 32.4 Å². The van der Waals surface area contributed by atoms with Crippen LogP contribution in [0.2, 0.25) is 0 Å². The molecular formula is C14H24N2O3. The van der Waals surface area contributed by atoms with E-state index in [1.807, 2.05) is 4.90 Å². The second kappa shape index (κ2) is 6.50. The Balaban J connectivity index is 2.02. The van der Waals surface area contributed by atoms with Gasteiger partial charge in [0.15, 0.2) is 0 Å². The fourth-order valence-corrected chi connectivity index (χ4v) is 3.10. The molecule has 2 N–H and O–H groups in total. The number of aliphatic hydroxyl groups excluding tert-OH is 2. The van der Waals surface area contributed by atoms with Crippen molar-refractivity contribution in [1.82, 2.24) is 9.80 Å². The normalized spacial score (nSPS) is 24.2. The fourth-order valence-electron chi connectivity index (χ4n) is 3.10. The molecule has 0 aromatic carbocycles. The first-order valence-corrected chi connectivity index (χ1v) is 7.11. The minimum Gasteiger partial charge on any atom is -0.394 e. The fraction of sp³-hybridized carbons (Fsp3) is 0.786. The summed E-state index contributed by atoms with van der Waals surface area (Å²) >= 11 is 0. The highest BCUT2D eigenvalue weighted by molar-refractivity contribution is 5.73. The molecule has 1 aliphatic carbocycles. The molecular weight excluding hydrogens is 244 g/mol. The summed E-state index contributed by atoms with van der Waals surface area (Å²) in [5, 5.41) is 19.4. The number of rotatable bonds is 4. The van der Waals surface area contributed by atoms with Gasteiger partial charge in [-0.1, -0.05) is 11.6 Å². The van der Waals surface area contributed by atoms with Crippen LogP contribution in [-0.4, -0.2) is 70.9 Å². The Morgan fingerprint density at radius 2 is 2.05 bits per heavy atom. The lowest BCUT2D eigenvalue weighted by Crippen LogP contribution is -2.55. The summed E-state index contributed by atoms with van der Waals surface area (Å²) < 4.78 is 0. The highest BCUT2D eigenvalue weighted by atomic mass is 16.3. The first kappa shape index (κ1) is 14.5. The maximum absolute atomic E-state index is 11.3. The summed E-state index contributed by atoms with van der Waals surface area (Å²) in [7, 11) is 0. The van der Waals surface area contributed by atoms with E-state index in [-0.39, 0.29) is 18.6 Å². The standard InChI is InChI=1S/C14H24N2O3/c1-11(18)15-6-8-16(9-7-15)14(13(19)10-17)12-4-2-3-5-12/h4,13-14,17,19H,2-3,5-10H2,1H3/t13-,14?/m1/s1. The number of nitrogens with zero attached hydrogens (tertiary/aromatic N) is 2. The number of piperazine rings is 1. The Labute approximate surface area is 114 Å². The van der Waals surface area contributed by atoms with Gasteiger partial charge in [0.2, 0.25) is 5.91 Å². The average molecular weight is 268 g/mol. The van der Waals surface area contributed by atoms with Gasteiger partial charge >= 0.3 is 0 Å². The third-order valence-corrected chi connectivity index (χ3v) is 4.16. The number of allylic oxidation sites excluding steroid dienone is 1. The minimum atomic E-state index is -0.728. The van der Waals surface area contributed by atoms with Crippen LogP contribution in [0.3, 0.4) is 0 Å². The lowest BCUT2D eigenvalue weighted by Gasteiger charge is -2.41. The third-order valence-electron chi connectivity index (χ3n) is 4.16. The molecule has 0 radical (unpaired) electrons. The monoisotopic (exact) mass is 268 g/mol. The molecule has 1 amide bonds. The molecule has 5 heteroatoms. The van der Waals surface area contributed by atoms with Gasteiger partial charge in [-0.15, -0.1) is 0 Å². The van der Waals surface area contributed by atoms with E-state index in [1.165, 1.54) is 5.57 Å². The van der Waals surface area contributed by atoms with Crippen LogP contribution >= 0.6 is 0 Å². The predicted octanol–water partition coefficient (Wildman–Crippen LogP) is -0.0174. The number of carbonyl (C=O) groups excluding carboxylic acids is 1. The van der Waals surface area contributed by atoms with Gasteiger partial charge in [0.05, 0.1) is 18.8 Å². The van der Waals surface area contributed by atoms with E-state index >= 15 is 0 Å². The average Bonchev–Trinajstić information content (AvgIpc) is 2.93. The van der Waals surface area contributed by atoms with Crippen LogP contribution in [0.25, 0.3) is 0 Å². The van der Waals surface area contributed by atoms with Gasteiger partial charge in [-0.3, -0.25) is 9.69 Å². The van der Waals surface area contributed by atoms with E-state index in [4.69, 9.17) is 0 Å². The van der Waals surface area contributed by atoms with E-state index in [9.17, 15) is 15.0 Å². The summed E-state index contributed by atoms with van der Waals surface area (Å²) in [6, 6.07) is -0.0818. The number of hydrogen-bond donors (Lipinski definition) is 2. The lowest BCUT2D eigenvalue weighted by molar-refractivity contribution is -0.131. The molecule has 1 aliphatic heterocycles. The van der Waals surface area contributed by atoms with Crippen molar-refractivity contribution in [3.05, 3.63) is 11.6 Å². The highest BCUT2D eigenvalue weighted by Gasteiger charge is 2.32. The smallest absolute Gasteiger partial charge is 0.219 e. The molecule has 1 unspecified atom stereocenters. The molecule has 2 atom stereocenters. The molecule has 0 saturated carbocycles. The van der Waals surface area contributed by atoms with Gasteiger partial charge in [-0.25, -0.2) is 0 Å².